The second-order valence-corrected chi connectivity index (χ2v) is 7.35. The van der Waals surface area contributed by atoms with Crippen LogP contribution in [-0.4, -0.2) is 33.7 Å². The molecule has 0 saturated heterocycles. The van der Waals surface area contributed by atoms with Crippen LogP contribution in [0.25, 0.3) is 11.3 Å². The largest absolute Gasteiger partial charge is 0.497 e. The van der Waals surface area contributed by atoms with Crippen molar-refractivity contribution in [1.82, 2.24) is 14.8 Å². The fourth-order valence-corrected chi connectivity index (χ4v) is 3.19. The molecule has 0 unspecified atom stereocenters. The summed E-state index contributed by atoms with van der Waals surface area (Å²) in [5, 5.41) is 9.58. The minimum absolute atomic E-state index is 0.0168. The first-order valence-electron chi connectivity index (χ1n) is 10.5. The number of ether oxygens (including phenoxy) is 1. The molecule has 2 aromatic heterocycles. The summed E-state index contributed by atoms with van der Waals surface area (Å²) in [7, 11) is 1.57. The predicted molar refractivity (Wildman–Crippen MR) is 123 cm³/mol. The van der Waals surface area contributed by atoms with Crippen molar-refractivity contribution in [3.05, 3.63) is 78.8 Å². The molecule has 34 heavy (non-hydrogen) atoms. The number of benzene rings is 2. The second-order valence-electron chi connectivity index (χ2n) is 7.35. The van der Waals surface area contributed by atoms with Crippen LogP contribution in [0.2, 0.25) is 0 Å². The first-order chi connectivity index (χ1) is 16.5. The van der Waals surface area contributed by atoms with Crippen molar-refractivity contribution in [3.8, 4) is 17.1 Å². The van der Waals surface area contributed by atoms with Gasteiger partial charge in [-0.15, -0.1) is 0 Å². The number of hydrogen-bond acceptors (Lipinski definition) is 6. The lowest BCUT2D eigenvalue weighted by Crippen LogP contribution is -2.19. The normalized spacial score (nSPS) is 10.6. The predicted octanol–water partition coefficient (Wildman–Crippen LogP) is 3.90. The minimum atomic E-state index is -0.405. The first kappa shape index (κ1) is 22.7. The molecule has 4 rings (SSSR count). The van der Waals surface area contributed by atoms with E-state index in [4.69, 9.17) is 9.15 Å². The summed E-state index contributed by atoms with van der Waals surface area (Å²) >= 11 is 0. The van der Waals surface area contributed by atoms with Crippen molar-refractivity contribution in [1.29, 1.82) is 0 Å². The molecule has 2 amide bonds. The number of nitrogens with zero attached hydrogens (tertiary/aromatic N) is 3. The fraction of sp³-hybridized carbons (Fsp3) is 0.167. The maximum absolute atomic E-state index is 13.9. The highest BCUT2D eigenvalue weighted by atomic mass is 19.1. The Morgan fingerprint density at radius 2 is 1.79 bits per heavy atom. The average molecular weight is 463 g/mol. The van der Waals surface area contributed by atoms with Crippen molar-refractivity contribution in [2.75, 3.05) is 17.7 Å². The summed E-state index contributed by atoms with van der Waals surface area (Å²) in [5.41, 5.74) is 1.41. The van der Waals surface area contributed by atoms with Gasteiger partial charge in [0.05, 0.1) is 30.8 Å². The van der Waals surface area contributed by atoms with Crippen LogP contribution in [0, 0.1) is 5.82 Å². The first-order valence-corrected chi connectivity index (χ1v) is 10.5. The highest BCUT2D eigenvalue weighted by Crippen LogP contribution is 2.23. The molecule has 174 valence electrons. The number of halogens is 1. The van der Waals surface area contributed by atoms with E-state index in [9.17, 15) is 14.0 Å². The summed E-state index contributed by atoms with van der Waals surface area (Å²) in [4.78, 5) is 28.6. The molecule has 10 heteroatoms. The number of anilines is 2. The molecule has 2 heterocycles. The van der Waals surface area contributed by atoms with Gasteiger partial charge in [-0.2, -0.15) is 5.10 Å². The van der Waals surface area contributed by atoms with Crippen LogP contribution < -0.4 is 15.4 Å². The molecule has 0 aliphatic heterocycles. The molecule has 0 radical (unpaired) electrons. The summed E-state index contributed by atoms with van der Waals surface area (Å²) in [6.45, 7) is -0.0168. The lowest BCUT2D eigenvalue weighted by atomic mass is 10.2. The zero-order chi connectivity index (χ0) is 23.9. The van der Waals surface area contributed by atoms with Crippen molar-refractivity contribution in [3.63, 3.8) is 0 Å². The van der Waals surface area contributed by atoms with Crippen molar-refractivity contribution in [2.45, 2.75) is 19.4 Å². The topological polar surface area (TPSA) is 111 Å². The summed E-state index contributed by atoms with van der Waals surface area (Å²) in [6.07, 6.45) is 4.82. The standard InChI is InChI=1S/C24H22FN5O4/c1-33-18-8-6-16(7-9-18)28-23(32)15-30-14-17(12-27-30)29-22(31)10-11-24-26-13-21(34-24)19-4-2-3-5-20(19)25/h2-9,12-14H,10-11,15H2,1H3,(H,28,32)(H,29,31). The molecule has 2 aromatic carbocycles. The maximum atomic E-state index is 13.9. The number of hydrogen-bond donors (Lipinski definition) is 2. The zero-order valence-corrected chi connectivity index (χ0v) is 18.3. The molecule has 0 spiro atoms. The van der Waals surface area contributed by atoms with E-state index in [1.54, 1.807) is 55.8 Å². The van der Waals surface area contributed by atoms with E-state index in [0.29, 0.717) is 34.3 Å². The summed E-state index contributed by atoms with van der Waals surface area (Å²) < 4.78 is 25.9. The Bertz CT molecular complexity index is 1280. The molecule has 4 aromatic rings. The number of aromatic nitrogens is 3. The number of carbonyl (C=O) groups excluding carboxylic acids is 2. The van der Waals surface area contributed by atoms with Gasteiger partial charge < -0.3 is 19.8 Å². The Balaban J connectivity index is 1.25. The highest BCUT2D eigenvalue weighted by molar-refractivity contribution is 5.91. The lowest BCUT2D eigenvalue weighted by Gasteiger charge is -2.06. The Kier molecular flexibility index (Phi) is 6.97. The molecular weight excluding hydrogens is 441 g/mol. The lowest BCUT2D eigenvalue weighted by molar-refractivity contribution is -0.117. The molecule has 2 N–H and O–H groups in total. The monoisotopic (exact) mass is 463 g/mol. The zero-order valence-electron chi connectivity index (χ0n) is 18.3. The van der Waals surface area contributed by atoms with Crippen LogP contribution in [0.5, 0.6) is 5.75 Å². The van der Waals surface area contributed by atoms with Crippen LogP contribution in [-0.2, 0) is 22.6 Å². The number of carbonyl (C=O) groups is 2. The number of methoxy groups -OCH3 is 1. The van der Waals surface area contributed by atoms with Gasteiger partial charge >= 0.3 is 0 Å². The van der Waals surface area contributed by atoms with Gasteiger partial charge in [-0.3, -0.25) is 14.3 Å². The van der Waals surface area contributed by atoms with E-state index < -0.39 is 5.82 Å². The summed E-state index contributed by atoms with van der Waals surface area (Å²) in [5.74, 6) is 0.395. The highest BCUT2D eigenvalue weighted by Gasteiger charge is 2.13. The van der Waals surface area contributed by atoms with Gasteiger partial charge in [-0.05, 0) is 36.4 Å². The van der Waals surface area contributed by atoms with Gasteiger partial charge in [0.1, 0.15) is 18.1 Å². The number of aryl methyl sites for hydroxylation is 1. The Hall–Kier alpha value is -4.47. The Morgan fingerprint density at radius 3 is 2.56 bits per heavy atom. The number of nitrogens with one attached hydrogen (secondary N) is 2. The van der Waals surface area contributed by atoms with Gasteiger partial charge in [0, 0.05) is 24.7 Å². The van der Waals surface area contributed by atoms with Gasteiger partial charge in [-0.1, -0.05) is 12.1 Å². The molecular formula is C24H22FN5O4. The van der Waals surface area contributed by atoms with Gasteiger partial charge in [-0.25, -0.2) is 9.37 Å². The van der Waals surface area contributed by atoms with Crippen LogP contribution >= 0.6 is 0 Å². The fourth-order valence-electron chi connectivity index (χ4n) is 3.19. The van der Waals surface area contributed by atoms with Crippen LogP contribution in [0.4, 0.5) is 15.8 Å². The van der Waals surface area contributed by atoms with E-state index in [1.807, 2.05) is 0 Å². The second kappa shape index (κ2) is 10.4. The molecule has 0 saturated carbocycles. The molecule has 0 aliphatic carbocycles. The van der Waals surface area contributed by atoms with Crippen molar-refractivity contribution in [2.24, 2.45) is 0 Å². The average Bonchev–Trinajstić information content (AvgIpc) is 3.48. The van der Waals surface area contributed by atoms with Crippen molar-refractivity contribution < 1.29 is 23.1 Å². The number of rotatable bonds is 9. The van der Waals surface area contributed by atoms with Gasteiger partial charge in [0.25, 0.3) is 0 Å². The van der Waals surface area contributed by atoms with Gasteiger partial charge in [0.15, 0.2) is 11.7 Å². The Morgan fingerprint density at radius 1 is 1.03 bits per heavy atom. The molecule has 0 aliphatic rings. The van der Waals surface area contributed by atoms with Crippen molar-refractivity contribution >= 4 is 23.2 Å². The number of amides is 2. The minimum Gasteiger partial charge on any atom is -0.497 e. The molecule has 0 atom stereocenters. The smallest absolute Gasteiger partial charge is 0.246 e. The van der Waals surface area contributed by atoms with Crippen LogP contribution in [0.3, 0.4) is 0 Å². The van der Waals surface area contributed by atoms with E-state index in [1.165, 1.54) is 23.1 Å². The van der Waals surface area contributed by atoms with Crippen LogP contribution in [0.1, 0.15) is 12.3 Å². The third kappa shape index (κ3) is 5.85. The third-order valence-electron chi connectivity index (χ3n) is 4.86. The SMILES string of the molecule is COc1ccc(NC(=O)Cn2cc(NC(=O)CCc3ncc(-c4ccccc4F)o3)cn2)cc1. The molecule has 0 bridgehead atoms. The van der Waals surface area contributed by atoms with Crippen LogP contribution in [0.15, 0.2) is 71.5 Å². The summed E-state index contributed by atoms with van der Waals surface area (Å²) in [6, 6.07) is 13.2. The van der Waals surface area contributed by atoms with E-state index >= 15 is 0 Å². The maximum Gasteiger partial charge on any atom is 0.246 e. The Labute approximate surface area is 194 Å². The molecule has 0 fully saturated rings. The van der Waals surface area contributed by atoms with E-state index in [-0.39, 0.29) is 31.2 Å². The number of oxazole rings is 1. The van der Waals surface area contributed by atoms with E-state index in [2.05, 4.69) is 20.7 Å². The van der Waals surface area contributed by atoms with Gasteiger partial charge in [0.2, 0.25) is 11.8 Å². The molecule has 9 nitrogen and oxygen atoms in total. The quantitative estimate of drug-likeness (QED) is 0.390. The van der Waals surface area contributed by atoms with E-state index in [0.717, 1.165) is 0 Å². The third-order valence-corrected chi connectivity index (χ3v) is 4.86.